The van der Waals surface area contributed by atoms with Crippen molar-refractivity contribution in [3.05, 3.63) is 0 Å². The molecule has 0 heterocycles. The molecule has 3 unspecified atom stereocenters. The minimum atomic E-state index is -1.36. The zero-order valence-corrected chi connectivity index (χ0v) is 13.4. The van der Waals surface area contributed by atoms with Crippen molar-refractivity contribution in [1.82, 2.24) is 5.32 Å². The van der Waals surface area contributed by atoms with Gasteiger partial charge in [0.15, 0.2) is 25.1 Å². The lowest BCUT2D eigenvalue weighted by atomic mass is 10.1. The highest BCUT2D eigenvalue weighted by molar-refractivity contribution is 6.09. The molecule has 128 valence electrons. The molecule has 0 saturated heterocycles. The Labute approximate surface area is 130 Å². The molecular formula is C14H26N2O6. The fourth-order valence-corrected chi connectivity index (χ4v) is 0.709. The number of aldehydes is 3. The summed E-state index contributed by atoms with van der Waals surface area (Å²) in [5.41, 5.74) is 4.91. The van der Waals surface area contributed by atoms with Crippen LogP contribution in [0.3, 0.4) is 0 Å². The van der Waals surface area contributed by atoms with Crippen LogP contribution in [-0.2, 0) is 24.0 Å². The summed E-state index contributed by atoms with van der Waals surface area (Å²) < 4.78 is 0. The van der Waals surface area contributed by atoms with E-state index in [4.69, 9.17) is 20.4 Å². The summed E-state index contributed by atoms with van der Waals surface area (Å²) in [6.45, 7) is 7.35. The summed E-state index contributed by atoms with van der Waals surface area (Å²) >= 11 is 0. The summed E-state index contributed by atoms with van der Waals surface area (Å²) in [7, 11) is 0. The van der Waals surface area contributed by atoms with Gasteiger partial charge in [-0.2, -0.15) is 0 Å². The summed E-state index contributed by atoms with van der Waals surface area (Å²) in [5, 5.41) is 10.8. The molecule has 0 aromatic rings. The highest BCUT2D eigenvalue weighted by Crippen LogP contribution is 1.99. The van der Waals surface area contributed by atoms with Gasteiger partial charge in [-0.3, -0.25) is 24.0 Å². The van der Waals surface area contributed by atoms with E-state index in [9.17, 15) is 14.4 Å². The van der Waals surface area contributed by atoms with Crippen molar-refractivity contribution < 1.29 is 29.1 Å². The van der Waals surface area contributed by atoms with Gasteiger partial charge in [-0.25, -0.2) is 0 Å². The van der Waals surface area contributed by atoms with Crippen LogP contribution >= 0.6 is 0 Å². The summed E-state index contributed by atoms with van der Waals surface area (Å²) in [5.74, 6) is -0.626. The lowest BCUT2D eigenvalue weighted by molar-refractivity contribution is -0.131. The second-order valence-corrected chi connectivity index (χ2v) is 4.38. The monoisotopic (exact) mass is 318 g/mol. The normalized spacial score (nSPS) is 12.8. The Hall–Kier alpha value is -2.09. The van der Waals surface area contributed by atoms with E-state index in [0.29, 0.717) is 6.42 Å². The molecule has 0 aliphatic rings. The molecule has 8 nitrogen and oxygen atoms in total. The number of aliphatic hydroxyl groups is 1. The average Bonchev–Trinajstić information content (AvgIpc) is 2.53. The quantitative estimate of drug-likeness (QED) is 0.330. The maximum absolute atomic E-state index is 10.9. The van der Waals surface area contributed by atoms with Gasteiger partial charge in [-0.1, -0.05) is 27.7 Å². The van der Waals surface area contributed by atoms with Gasteiger partial charge in [-0.05, 0) is 12.8 Å². The SMILES string of the molecule is CCC(C)C(=O)NC(O)C=O.CCC(C)C(N)=O.O=CC=O. The van der Waals surface area contributed by atoms with Crippen LogP contribution in [0.2, 0.25) is 0 Å². The largest absolute Gasteiger partial charge is 0.369 e. The topological polar surface area (TPSA) is 144 Å². The van der Waals surface area contributed by atoms with E-state index in [2.05, 4.69) is 5.32 Å². The Morgan fingerprint density at radius 1 is 1.05 bits per heavy atom. The van der Waals surface area contributed by atoms with Crippen LogP contribution in [0.25, 0.3) is 0 Å². The van der Waals surface area contributed by atoms with Crippen LogP contribution in [-0.4, -0.2) is 42.0 Å². The minimum Gasteiger partial charge on any atom is -0.369 e. The summed E-state index contributed by atoms with van der Waals surface area (Å²) in [6.07, 6.45) is 0.837. The second kappa shape index (κ2) is 17.0. The van der Waals surface area contributed by atoms with Crippen LogP contribution in [0.15, 0.2) is 0 Å². The first-order chi connectivity index (χ1) is 10.2. The van der Waals surface area contributed by atoms with E-state index in [1.54, 1.807) is 6.92 Å². The van der Waals surface area contributed by atoms with Gasteiger partial charge in [0.1, 0.15) is 0 Å². The number of carbonyl (C=O) groups is 5. The van der Waals surface area contributed by atoms with Gasteiger partial charge in [0.25, 0.3) is 0 Å². The lowest BCUT2D eigenvalue weighted by Gasteiger charge is -2.10. The van der Waals surface area contributed by atoms with Crippen molar-refractivity contribution in [2.45, 2.75) is 46.8 Å². The smallest absolute Gasteiger partial charge is 0.225 e. The van der Waals surface area contributed by atoms with Crippen molar-refractivity contribution in [2.24, 2.45) is 17.6 Å². The average molecular weight is 318 g/mol. The third-order valence-electron chi connectivity index (χ3n) is 2.63. The van der Waals surface area contributed by atoms with Gasteiger partial charge < -0.3 is 16.2 Å². The van der Waals surface area contributed by atoms with Crippen molar-refractivity contribution in [3.63, 3.8) is 0 Å². The van der Waals surface area contributed by atoms with Gasteiger partial charge in [0.05, 0.1) is 0 Å². The van der Waals surface area contributed by atoms with E-state index in [1.807, 2.05) is 20.8 Å². The Morgan fingerprint density at radius 2 is 1.45 bits per heavy atom. The Morgan fingerprint density at radius 3 is 1.64 bits per heavy atom. The molecule has 0 aliphatic carbocycles. The van der Waals surface area contributed by atoms with Crippen molar-refractivity contribution in [2.75, 3.05) is 0 Å². The number of hydrogen-bond acceptors (Lipinski definition) is 6. The zero-order valence-electron chi connectivity index (χ0n) is 13.4. The van der Waals surface area contributed by atoms with Crippen molar-refractivity contribution in [1.29, 1.82) is 0 Å². The van der Waals surface area contributed by atoms with Crippen molar-refractivity contribution >= 4 is 30.7 Å². The number of amides is 2. The van der Waals surface area contributed by atoms with E-state index >= 15 is 0 Å². The lowest BCUT2D eigenvalue weighted by Crippen LogP contribution is -2.38. The first kappa shape index (κ1) is 24.9. The second-order valence-electron chi connectivity index (χ2n) is 4.38. The van der Waals surface area contributed by atoms with Crippen LogP contribution in [0.4, 0.5) is 0 Å². The van der Waals surface area contributed by atoms with Gasteiger partial charge in [0, 0.05) is 11.8 Å². The summed E-state index contributed by atoms with van der Waals surface area (Å²) in [6, 6.07) is 0. The Kier molecular flexibility index (Phi) is 19.2. The molecule has 0 aromatic carbocycles. The maximum atomic E-state index is 10.9. The van der Waals surface area contributed by atoms with E-state index in [-0.39, 0.29) is 42.5 Å². The maximum Gasteiger partial charge on any atom is 0.225 e. The van der Waals surface area contributed by atoms with Crippen LogP contribution in [0, 0.1) is 11.8 Å². The van der Waals surface area contributed by atoms with E-state index < -0.39 is 6.23 Å². The first-order valence-electron chi connectivity index (χ1n) is 6.83. The number of nitrogens with one attached hydrogen (secondary N) is 1. The molecule has 0 aliphatic heterocycles. The molecular weight excluding hydrogens is 292 g/mol. The third-order valence-corrected chi connectivity index (χ3v) is 2.63. The Bertz CT molecular complexity index is 340. The highest BCUT2D eigenvalue weighted by atomic mass is 16.3. The molecule has 8 heteroatoms. The molecule has 3 atom stereocenters. The molecule has 4 N–H and O–H groups in total. The van der Waals surface area contributed by atoms with Gasteiger partial charge in [0.2, 0.25) is 11.8 Å². The van der Waals surface area contributed by atoms with E-state index in [0.717, 1.165) is 6.42 Å². The molecule has 0 saturated carbocycles. The molecule has 22 heavy (non-hydrogen) atoms. The Balaban J connectivity index is -0.000000280. The van der Waals surface area contributed by atoms with Gasteiger partial charge >= 0.3 is 0 Å². The van der Waals surface area contributed by atoms with Gasteiger partial charge in [-0.15, -0.1) is 0 Å². The molecule has 0 spiro atoms. The predicted molar refractivity (Wildman–Crippen MR) is 80.4 cm³/mol. The molecule has 2 amide bonds. The standard InChI is InChI=1S/C7H13NO3.C5H11NO.C2H2O2/c1-3-5(2)7(11)8-6(10)4-9;1-3-4(2)5(6)7;3-1-2-4/h4-6,10H,3H2,1-2H3,(H,8,11);4H,3H2,1-2H3,(H2,6,7);1-2H. The minimum absolute atomic E-state index is 0.0417. The molecule has 0 aromatic heterocycles. The first-order valence-corrected chi connectivity index (χ1v) is 6.83. The van der Waals surface area contributed by atoms with Crippen LogP contribution in [0.5, 0.6) is 0 Å². The molecule has 0 bridgehead atoms. The third kappa shape index (κ3) is 17.9. The van der Waals surface area contributed by atoms with Crippen LogP contribution < -0.4 is 11.1 Å². The fourth-order valence-electron chi connectivity index (χ4n) is 0.709. The van der Waals surface area contributed by atoms with Crippen LogP contribution in [0.1, 0.15) is 40.5 Å². The molecule has 0 rings (SSSR count). The van der Waals surface area contributed by atoms with E-state index in [1.165, 1.54) is 0 Å². The summed E-state index contributed by atoms with van der Waals surface area (Å²) in [4.78, 5) is 48.6. The number of nitrogens with two attached hydrogens (primary N) is 1. The highest BCUT2D eigenvalue weighted by Gasteiger charge is 2.12. The number of rotatable bonds is 7. The number of primary amides is 1. The molecule has 0 fully saturated rings. The van der Waals surface area contributed by atoms with Crippen molar-refractivity contribution in [3.8, 4) is 0 Å². The predicted octanol–water partition coefficient (Wildman–Crippen LogP) is -0.432. The number of carbonyl (C=O) groups excluding carboxylic acids is 5. The zero-order chi connectivity index (χ0) is 18.1. The number of aliphatic hydroxyl groups excluding tert-OH is 1. The molecule has 0 radical (unpaired) electrons. The fraction of sp³-hybridized carbons (Fsp3) is 0.643. The number of hydrogen-bond donors (Lipinski definition) is 3.